The zero-order chi connectivity index (χ0) is 21.1. The van der Waals surface area contributed by atoms with Crippen molar-refractivity contribution < 1.29 is 18.0 Å². The van der Waals surface area contributed by atoms with Crippen molar-refractivity contribution in [1.82, 2.24) is 10.3 Å². The van der Waals surface area contributed by atoms with Gasteiger partial charge in [0.2, 0.25) is 11.8 Å². The third-order valence-corrected chi connectivity index (χ3v) is 7.30. The van der Waals surface area contributed by atoms with Gasteiger partial charge in [-0.1, -0.05) is 60.7 Å². The molecule has 2 aliphatic rings. The maximum absolute atomic E-state index is 12.7. The average molecular weight is 426 g/mol. The number of nitrogens with one attached hydrogen (secondary N) is 1. The van der Waals surface area contributed by atoms with E-state index in [9.17, 15) is 18.0 Å². The van der Waals surface area contributed by atoms with Crippen molar-refractivity contribution in [3.8, 4) is 0 Å². The van der Waals surface area contributed by atoms with Crippen LogP contribution < -0.4 is 5.43 Å². The van der Waals surface area contributed by atoms with Gasteiger partial charge < -0.3 is 4.90 Å². The number of nitrogens with zero attached hydrogens (tertiary/aromatic N) is 2. The minimum Gasteiger partial charge on any atom is -0.338 e. The van der Waals surface area contributed by atoms with E-state index < -0.39 is 15.8 Å². The van der Waals surface area contributed by atoms with Crippen LogP contribution in [0.4, 0.5) is 0 Å². The molecule has 0 aromatic heterocycles. The Labute approximate surface area is 175 Å². The Bertz CT molecular complexity index is 1030. The van der Waals surface area contributed by atoms with E-state index in [-0.39, 0.29) is 42.3 Å². The molecule has 4 rings (SSSR count). The van der Waals surface area contributed by atoms with E-state index in [1.54, 1.807) is 4.90 Å². The van der Waals surface area contributed by atoms with Crippen LogP contribution in [0.2, 0.25) is 0 Å². The first kappa shape index (κ1) is 20.3. The molecule has 2 fully saturated rings. The van der Waals surface area contributed by atoms with Crippen molar-refractivity contribution in [2.24, 2.45) is 11.0 Å². The molecule has 2 aromatic rings. The van der Waals surface area contributed by atoms with Crippen LogP contribution >= 0.6 is 0 Å². The second-order valence-electron chi connectivity index (χ2n) is 7.67. The third kappa shape index (κ3) is 4.43. The lowest BCUT2D eigenvalue weighted by Crippen LogP contribution is -2.38. The molecule has 0 radical (unpaired) electrons. The molecule has 2 heterocycles. The molecule has 0 spiro atoms. The first-order valence-corrected chi connectivity index (χ1v) is 11.7. The first-order valence-electron chi connectivity index (χ1n) is 9.91. The van der Waals surface area contributed by atoms with E-state index in [0.29, 0.717) is 12.1 Å². The average Bonchev–Trinajstić information content (AvgIpc) is 3.31. The molecule has 2 aromatic carbocycles. The van der Waals surface area contributed by atoms with Crippen molar-refractivity contribution in [1.29, 1.82) is 0 Å². The van der Waals surface area contributed by atoms with E-state index in [0.717, 1.165) is 11.1 Å². The van der Waals surface area contributed by atoms with Gasteiger partial charge >= 0.3 is 0 Å². The summed E-state index contributed by atoms with van der Waals surface area (Å²) >= 11 is 0. The molecular weight excluding hydrogens is 402 g/mol. The molecule has 2 aliphatic heterocycles. The monoisotopic (exact) mass is 425 g/mol. The maximum atomic E-state index is 12.7. The molecule has 2 saturated heterocycles. The Morgan fingerprint density at radius 1 is 1.00 bits per heavy atom. The van der Waals surface area contributed by atoms with Crippen molar-refractivity contribution >= 4 is 27.4 Å². The van der Waals surface area contributed by atoms with Gasteiger partial charge in [-0.3, -0.25) is 9.59 Å². The molecule has 1 N–H and O–H groups in total. The van der Waals surface area contributed by atoms with E-state index in [1.807, 2.05) is 60.7 Å². The van der Waals surface area contributed by atoms with Crippen molar-refractivity contribution in [3.05, 3.63) is 71.8 Å². The lowest BCUT2D eigenvalue weighted by molar-refractivity contribution is -0.130. The zero-order valence-electron chi connectivity index (χ0n) is 16.4. The minimum atomic E-state index is -3.09. The highest BCUT2D eigenvalue weighted by atomic mass is 32.2. The molecular formula is C22H23N3O4S. The number of hydrogen-bond acceptors (Lipinski definition) is 5. The lowest BCUT2D eigenvalue weighted by Gasteiger charge is -2.22. The zero-order valence-corrected chi connectivity index (χ0v) is 17.2. The Kier molecular flexibility index (Phi) is 5.67. The molecule has 30 heavy (non-hydrogen) atoms. The number of hydrogen-bond donors (Lipinski definition) is 1. The highest BCUT2D eigenvalue weighted by Crippen LogP contribution is 2.26. The topological polar surface area (TPSA) is 95.9 Å². The highest BCUT2D eigenvalue weighted by Gasteiger charge is 2.41. The van der Waals surface area contributed by atoms with Gasteiger partial charge in [0.15, 0.2) is 9.84 Å². The lowest BCUT2D eigenvalue weighted by atomic mass is 10.0. The predicted molar refractivity (Wildman–Crippen MR) is 114 cm³/mol. The summed E-state index contributed by atoms with van der Waals surface area (Å²) in [6, 6.07) is 18.8. The molecule has 0 bridgehead atoms. The van der Waals surface area contributed by atoms with Crippen molar-refractivity contribution in [3.63, 3.8) is 0 Å². The summed E-state index contributed by atoms with van der Waals surface area (Å²) in [6.07, 6.45) is 0.511. The summed E-state index contributed by atoms with van der Waals surface area (Å²) in [5, 5.41) is 4.37. The normalized spacial score (nSPS) is 22.7. The minimum absolute atomic E-state index is 0.0165. The fraction of sp³-hybridized carbons (Fsp3) is 0.318. The van der Waals surface area contributed by atoms with E-state index in [2.05, 4.69) is 10.5 Å². The van der Waals surface area contributed by atoms with Crippen molar-refractivity contribution in [2.45, 2.75) is 18.9 Å². The van der Waals surface area contributed by atoms with Crippen LogP contribution in [0.25, 0.3) is 0 Å². The van der Waals surface area contributed by atoms with Crippen LogP contribution in [0, 0.1) is 5.92 Å². The molecule has 8 heteroatoms. The second kappa shape index (κ2) is 8.39. The quantitative estimate of drug-likeness (QED) is 0.581. The fourth-order valence-corrected chi connectivity index (χ4v) is 5.70. The van der Waals surface area contributed by atoms with Gasteiger partial charge in [-0.2, -0.15) is 5.10 Å². The summed E-state index contributed by atoms with van der Waals surface area (Å²) in [5.41, 5.74) is 4.98. The molecule has 0 saturated carbocycles. The van der Waals surface area contributed by atoms with Crippen LogP contribution in [-0.4, -0.2) is 54.9 Å². The molecule has 2 atom stereocenters. The maximum Gasteiger partial charge on any atom is 0.245 e. The van der Waals surface area contributed by atoms with Gasteiger partial charge in [0.1, 0.15) is 0 Å². The summed E-state index contributed by atoms with van der Waals surface area (Å²) in [4.78, 5) is 26.7. The number of carbonyl (C=O) groups is 2. The largest absolute Gasteiger partial charge is 0.338 e. The number of amides is 2. The van der Waals surface area contributed by atoms with Crippen LogP contribution in [0.15, 0.2) is 65.8 Å². The number of rotatable bonds is 5. The van der Waals surface area contributed by atoms with Crippen LogP contribution in [0.1, 0.15) is 24.0 Å². The van der Waals surface area contributed by atoms with Gasteiger partial charge in [0, 0.05) is 30.1 Å². The van der Waals surface area contributed by atoms with E-state index >= 15 is 0 Å². The van der Waals surface area contributed by atoms with Crippen LogP contribution in [0.5, 0.6) is 0 Å². The number of hydrazone groups is 1. The first-order chi connectivity index (χ1) is 14.4. The Morgan fingerprint density at radius 3 is 2.13 bits per heavy atom. The number of benzene rings is 2. The van der Waals surface area contributed by atoms with Gasteiger partial charge in [-0.15, -0.1) is 0 Å². The number of likely N-dealkylation sites (tertiary alicyclic amines) is 1. The Morgan fingerprint density at radius 2 is 1.60 bits per heavy atom. The molecule has 2 amide bonds. The molecule has 156 valence electrons. The SMILES string of the molecule is O=C(NN=C(c1ccccc1)c1ccccc1)C1CC(=O)N(C2CCS(=O)(=O)C2)C1. The van der Waals surface area contributed by atoms with Crippen LogP contribution in [-0.2, 0) is 19.4 Å². The van der Waals surface area contributed by atoms with Gasteiger partial charge in [-0.25, -0.2) is 13.8 Å². The summed E-state index contributed by atoms with van der Waals surface area (Å²) in [6.45, 7) is 0.229. The van der Waals surface area contributed by atoms with E-state index in [1.165, 1.54) is 0 Å². The molecule has 2 unspecified atom stereocenters. The summed E-state index contributed by atoms with van der Waals surface area (Å²) in [5.74, 6) is -0.974. The third-order valence-electron chi connectivity index (χ3n) is 5.55. The smallest absolute Gasteiger partial charge is 0.245 e. The highest BCUT2D eigenvalue weighted by molar-refractivity contribution is 7.91. The molecule has 0 aliphatic carbocycles. The van der Waals surface area contributed by atoms with Gasteiger partial charge in [0.25, 0.3) is 0 Å². The molecule has 7 nitrogen and oxygen atoms in total. The summed E-state index contributed by atoms with van der Waals surface area (Å²) < 4.78 is 23.5. The number of sulfone groups is 1. The summed E-state index contributed by atoms with van der Waals surface area (Å²) in [7, 11) is -3.09. The standard InChI is InChI=1S/C22H23N3O4S/c26-20-13-18(14-25(20)19-11-12-30(28,29)15-19)22(27)24-23-21(16-7-3-1-4-8-16)17-9-5-2-6-10-17/h1-10,18-19H,11-15H2,(H,24,27). The predicted octanol–water partition coefficient (Wildman–Crippen LogP) is 1.59. The van der Waals surface area contributed by atoms with Crippen LogP contribution in [0.3, 0.4) is 0 Å². The second-order valence-corrected chi connectivity index (χ2v) is 9.90. The van der Waals surface area contributed by atoms with Gasteiger partial charge in [0.05, 0.1) is 23.1 Å². The Hall–Kier alpha value is -3.00. The number of carbonyl (C=O) groups excluding carboxylic acids is 2. The fourth-order valence-electron chi connectivity index (χ4n) is 3.97. The Balaban J connectivity index is 1.48. The van der Waals surface area contributed by atoms with E-state index in [4.69, 9.17) is 0 Å². The van der Waals surface area contributed by atoms with Gasteiger partial charge in [-0.05, 0) is 6.42 Å². The van der Waals surface area contributed by atoms with Crippen molar-refractivity contribution in [2.75, 3.05) is 18.1 Å².